The summed E-state index contributed by atoms with van der Waals surface area (Å²) in [5, 5.41) is 16.0. The number of rotatable bonds is 4. The molecule has 104 valence electrons. The number of amides is 1. The Hall–Kier alpha value is -2.05. The van der Waals surface area contributed by atoms with Crippen molar-refractivity contribution in [1.29, 1.82) is 0 Å². The molecule has 20 heavy (non-hydrogen) atoms. The van der Waals surface area contributed by atoms with Gasteiger partial charge in [0, 0.05) is 11.9 Å². The van der Waals surface area contributed by atoms with Crippen LogP contribution in [0.5, 0.6) is 0 Å². The molecule has 1 amide bonds. The number of nitrogens with one attached hydrogen (secondary N) is 1. The highest BCUT2D eigenvalue weighted by molar-refractivity contribution is 6.42. The summed E-state index contributed by atoms with van der Waals surface area (Å²) in [6.07, 6.45) is 1.32. The van der Waals surface area contributed by atoms with E-state index in [2.05, 4.69) is 10.4 Å². The topological polar surface area (TPSA) is 84.2 Å². The third-order valence-electron chi connectivity index (χ3n) is 2.43. The molecule has 2 rings (SSSR count). The van der Waals surface area contributed by atoms with Crippen LogP contribution in [0.25, 0.3) is 0 Å². The Morgan fingerprint density at radius 1 is 1.25 bits per heavy atom. The van der Waals surface area contributed by atoms with Crippen LogP contribution in [0.2, 0.25) is 10.0 Å². The van der Waals surface area contributed by atoms with Crippen molar-refractivity contribution in [2.24, 2.45) is 0 Å². The normalized spacial score (nSPS) is 10.3. The maximum Gasteiger partial charge on any atom is 0.354 e. The van der Waals surface area contributed by atoms with Gasteiger partial charge in [0.25, 0.3) is 0 Å². The summed E-state index contributed by atoms with van der Waals surface area (Å²) in [6.45, 7) is -0.213. The molecular weight excluding hydrogens is 305 g/mol. The number of anilines is 1. The molecule has 0 saturated carbocycles. The highest BCUT2D eigenvalue weighted by Gasteiger charge is 2.13. The van der Waals surface area contributed by atoms with Crippen LogP contribution in [0.1, 0.15) is 10.5 Å². The van der Waals surface area contributed by atoms with E-state index in [0.29, 0.717) is 15.7 Å². The van der Waals surface area contributed by atoms with Gasteiger partial charge in [0.1, 0.15) is 12.2 Å². The summed E-state index contributed by atoms with van der Waals surface area (Å²) in [4.78, 5) is 22.7. The van der Waals surface area contributed by atoms with Crippen molar-refractivity contribution in [2.75, 3.05) is 5.32 Å². The fourth-order valence-electron chi connectivity index (χ4n) is 1.55. The van der Waals surface area contributed by atoms with Gasteiger partial charge >= 0.3 is 5.97 Å². The smallest absolute Gasteiger partial charge is 0.354 e. The second kappa shape index (κ2) is 5.94. The third-order valence-corrected chi connectivity index (χ3v) is 3.17. The molecule has 0 fully saturated rings. The van der Waals surface area contributed by atoms with Gasteiger partial charge in [0.2, 0.25) is 5.91 Å². The molecule has 0 bridgehead atoms. The van der Waals surface area contributed by atoms with E-state index in [1.807, 2.05) is 0 Å². The van der Waals surface area contributed by atoms with E-state index in [0.717, 1.165) is 4.68 Å². The van der Waals surface area contributed by atoms with E-state index in [-0.39, 0.29) is 12.2 Å². The van der Waals surface area contributed by atoms with Gasteiger partial charge < -0.3 is 10.4 Å². The zero-order chi connectivity index (χ0) is 14.7. The summed E-state index contributed by atoms with van der Waals surface area (Å²) in [6, 6.07) is 5.96. The fourth-order valence-corrected chi connectivity index (χ4v) is 1.85. The summed E-state index contributed by atoms with van der Waals surface area (Å²) in [5.74, 6) is -1.57. The molecule has 0 unspecified atom stereocenters. The molecule has 2 N–H and O–H groups in total. The van der Waals surface area contributed by atoms with Gasteiger partial charge in [-0.3, -0.25) is 4.79 Å². The monoisotopic (exact) mass is 313 g/mol. The molecule has 0 saturated heterocycles. The van der Waals surface area contributed by atoms with Crippen molar-refractivity contribution in [2.45, 2.75) is 6.54 Å². The molecule has 6 nitrogen and oxygen atoms in total. The lowest BCUT2D eigenvalue weighted by atomic mass is 10.3. The number of halogens is 2. The minimum Gasteiger partial charge on any atom is -0.477 e. The van der Waals surface area contributed by atoms with Crippen molar-refractivity contribution < 1.29 is 14.7 Å². The van der Waals surface area contributed by atoms with E-state index in [4.69, 9.17) is 28.3 Å². The van der Waals surface area contributed by atoms with Crippen molar-refractivity contribution in [1.82, 2.24) is 9.78 Å². The molecule has 2 aromatic rings. The molecule has 0 atom stereocenters. The minimum absolute atomic E-state index is 0.0608. The van der Waals surface area contributed by atoms with Gasteiger partial charge in [-0.15, -0.1) is 0 Å². The first-order valence-electron chi connectivity index (χ1n) is 5.47. The SMILES string of the molecule is O=C(Cn1nccc1C(=O)O)Nc1ccc(Cl)c(Cl)c1. The molecule has 1 heterocycles. The van der Waals surface area contributed by atoms with E-state index >= 15 is 0 Å². The predicted molar refractivity (Wildman–Crippen MR) is 74.3 cm³/mol. The second-order valence-electron chi connectivity index (χ2n) is 3.86. The Kier molecular flexibility index (Phi) is 4.26. The van der Waals surface area contributed by atoms with Gasteiger partial charge in [-0.05, 0) is 24.3 Å². The van der Waals surface area contributed by atoms with E-state index in [9.17, 15) is 9.59 Å². The summed E-state index contributed by atoms with van der Waals surface area (Å²) in [7, 11) is 0. The van der Waals surface area contributed by atoms with E-state index < -0.39 is 11.9 Å². The number of carbonyl (C=O) groups excluding carboxylic acids is 1. The molecule has 0 aliphatic carbocycles. The number of hydrogen-bond acceptors (Lipinski definition) is 3. The minimum atomic E-state index is -1.15. The quantitative estimate of drug-likeness (QED) is 0.908. The number of carboxylic acids is 1. The summed E-state index contributed by atoms with van der Waals surface area (Å²) >= 11 is 11.6. The van der Waals surface area contributed by atoms with Crippen LogP contribution in [0, 0.1) is 0 Å². The number of nitrogens with zero attached hydrogens (tertiary/aromatic N) is 2. The van der Waals surface area contributed by atoms with Crippen LogP contribution < -0.4 is 5.32 Å². The predicted octanol–water partition coefficient (Wildman–Crippen LogP) is 2.53. The van der Waals surface area contributed by atoms with E-state index in [1.165, 1.54) is 18.3 Å². The van der Waals surface area contributed by atoms with Crippen LogP contribution in [-0.2, 0) is 11.3 Å². The lowest BCUT2D eigenvalue weighted by Crippen LogP contribution is -2.22. The van der Waals surface area contributed by atoms with Gasteiger partial charge in [-0.2, -0.15) is 5.10 Å². The Balaban J connectivity index is 2.07. The first kappa shape index (κ1) is 14.4. The van der Waals surface area contributed by atoms with E-state index in [1.54, 1.807) is 12.1 Å². The van der Waals surface area contributed by atoms with Crippen LogP contribution in [0.15, 0.2) is 30.5 Å². The molecule has 0 aliphatic rings. The van der Waals surface area contributed by atoms with Crippen molar-refractivity contribution in [3.63, 3.8) is 0 Å². The first-order valence-corrected chi connectivity index (χ1v) is 6.23. The van der Waals surface area contributed by atoms with Crippen LogP contribution in [0.4, 0.5) is 5.69 Å². The molecule has 8 heteroatoms. The van der Waals surface area contributed by atoms with Crippen molar-refractivity contribution in [3.05, 3.63) is 46.2 Å². The standard InChI is InChI=1S/C12H9Cl2N3O3/c13-8-2-1-7(5-9(8)14)16-11(18)6-17-10(12(19)20)3-4-15-17/h1-5H,6H2,(H,16,18)(H,19,20). The number of aromatic nitrogens is 2. The van der Waals surface area contributed by atoms with Gasteiger partial charge in [0.05, 0.1) is 10.0 Å². The van der Waals surface area contributed by atoms with Crippen molar-refractivity contribution >= 4 is 40.8 Å². The number of aromatic carboxylic acids is 1. The summed E-state index contributed by atoms with van der Waals surface area (Å²) < 4.78 is 1.09. The van der Waals surface area contributed by atoms with Crippen LogP contribution >= 0.6 is 23.2 Å². The Bertz CT molecular complexity index is 670. The maximum absolute atomic E-state index is 11.8. The Morgan fingerprint density at radius 2 is 2.00 bits per heavy atom. The van der Waals surface area contributed by atoms with Gasteiger partial charge in [-0.25, -0.2) is 9.48 Å². The molecular formula is C12H9Cl2N3O3. The van der Waals surface area contributed by atoms with Crippen LogP contribution in [0.3, 0.4) is 0 Å². The van der Waals surface area contributed by atoms with Gasteiger partial charge in [-0.1, -0.05) is 23.2 Å². The average Bonchev–Trinajstić information content (AvgIpc) is 2.82. The molecule has 1 aromatic heterocycles. The number of carboxylic acid groups (broad SMARTS) is 1. The highest BCUT2D eigenvalue weighted by Crippen LogP contribution is 2.24. The maximum atomic E-state index is 11.8. The number of hydrogen-bond donors (Lipinski definition) is 2. The summed E-state index contributed by atoms with van der Waals surface area (Å²) in [5.41, 5.74) is 0.405. The highest BCUT2D eigenvalue weighted by atomic mass is 35.5. The zero-order valence-electron chi connectivity index (χ0n) is 10.0. The molecule has 0 spiro atoms. The second-order valence-corrected chi connectivity index (χ2v) is 4.67. The molecule has 0 aliphatic heterocycles. The fraction of sp³-hybridized carbons (Fsp3) is 0.0833. The number of carbonyl (C=O) groups is 2. The number of benzene rings is 1. The Labute approximate surface area is 123 Å². The lowest BCUT2D eigenvalue weighted by Gasteiger charge is -2.07. The average molecular weight is 314 g/mol. The molecule has 0 radical (unpaired) electrons. The zero-order valence-corrected chi connectivity index (χ0v) is 11.5. The first-order chi connectivity index (χ1) is 9.47. The van der Waals surface area contributed by atoms with Gasteiger partial charge in [0.15, 0.2) is 0 Å². The Morgan fingerprint density at radius 3 is 2.65 bits per heavy atom. The van der Waals surface area contributed by atoms with Crippen LogP contribution in [-0.4, -0.2) is 26.8 Å². The largest absolute Gasteiger partial charge is 0.477 e. The van der Waals surface area contributed by atoms with Crippen molar-refractivity contribution in [3.8, 4) is 0 Å². The molecule has 1 aromatic carbocycles. The lowest BCUT2D eigenvalue weighted by molar-refractivity contribution is -0.116. The third kappa shape index (κ3) is 3.28.